The summed E-state index contributed by atoms with van der Waals surface area (Å²) in [6.07, 6.45) is 6.27. The van der Waals surface area contributed by atoms with Crippen molar-refractivity contribution < 1.29 is 17.2 Å². The number of halogens is 1. The molecule has 4 heteroatoms. The van der Waals surface area contributed by atoms with Gasteiger partial charge in [0, 0.05) is 30.6 Å². The molecule has 2 atom stereocenters. The molecule has 0 N–H and O–H groups in total. The van der Waals surface area contributed by atoms with Crippen LogP contribution in [0.15, 0.2) is 18.2 Å². The van der Waals surface area contributed by atoms with E-state index in [0.29, 0.717) is 17.9 Å². The summed E-state index contributed by atoms with van der Waals surface area (Å²) >= 11 is 0. The number of nitrogens with zero attached hydrogens (tertiary/aromatic N) is 2. The van der Waals surface area contributed by atoms with Gasteiger partial charge in [-0.05, 0) is 68.3 Å². The number of fused-ring (bicyclic) bond motifs is 3. The third-order valence-corrected chi connectivity index (χ3v) is 6.53. The number of hydrogen-bond donors (Lipinski definition) is 0. The molecular formula is C19H24ClN2O-. The van der Waals surface area contributed by atoms with E-state index in [2.05, 4.69) is 28.0 Å². The molecule has 1 aliphatic carbocycles. The van der Waals surface area contributed by atoms with Gasteiger partial charge in [0.25, 0.3) is 5.91 Å². The first-order valence-corrected chi connectivity index (χ1v) is 8.96. The van der Waals surface area contributed by atoms with Gasteiger partial charge in [-0.1, -0.05) is 12.1 Å². The van der Waals surface area contributed by atoms with Crippen LogP contribution in [0, 0.1) is 5.92 Å². The fraction of sp³-hybridized carbons (Fsp3) is 0.632. The molecule has 0 unspecified atom stereocenters. The monoisotopic (exact) mass is 331 g/mol. The van der Waals surface area contributed by atoms with Crippen molar-refractivity contribution in [2.45, 2.75) is 44.1 Å². The average Bonchev–Trinajstić information content (AvgIpc) is 2.59. The van der Waals surface area contributed by atoms with Crippen LogP contribution in [0.1, 0.15) is 53.1 Å². The van der Waals surface area contributed by atoms with Crippen LogP contribution in [0.2, 0.25) is 0 Å². The highest BCUT2D eigenvalue weighted by atomic mass is 35.5. The third-order valence-electron chi connectivity index (χ3n) is 6.53. The Morgan fingerprint density at radius 1 is 1.04 bits per heavy atom. The first-order chi connectivity index (χ1) is 10.8. The molecule has 6 rings (SSSR count). The van der Waals surface area contributed by atoms with Gasteiger partial charge in [-0.15, -0.1) is 0 Å². The molecule has 124 valence electrons. The van der Waals surface area contributed by atoms with E-state index in [-0.39, 0.29) is 12.4 Å². The van der Waals surface area contributed by atoms with Crippen LogP contribution >= 0.6 is 0 Å². The Hall–Kier alpha value is -1.06. The van der Waals surface area contributed by atoms with Gasteiger partial charge < -0.3 is 22.2 Å². The largest absolute Gasteiger partial charge is 1.00 e. The SMILES string of the molecule is O=C1c2cccc3c2[C@H](CCC3)CN1[C@@H]1CN2CCC1CC2.[Cl-]. The summed E-state index contributed by atoms with van der Waals surface area (Å²) < 4.78 is 0. The second-order valence-electron chi connectivity index (χ2n) is 7.63. The lowest BCUT2D eigenvalue weighted by Gasteiger charge is -2.51. The van der Waals surface area contributed by atoms with Crippen molar-refractivity contribution in [1.82, 2.24) is 9.80 Å². The number of carbonyl (C=O) groups is 1. The second-order valence-corrected chi connectivity index (χ2v) is 7.63. The molecule has 0 saturated carbocycles. The number of piperidine rings is 3. The number of benzene rings is 1. The Kier molecular flexibility index (Phi) is 3.89. The van der Waals surface area contributed by atoms with E-state index in [0.717, 1.165) is 31.0 Å². The highest BCUT2D eigenvalue weighted by Gasteiger charge is 2.43. The van der Waals surface area contributed by atoms with Gasteiger partial charge in [-0.25, -0.2) is 0 Å². The van der Waals surface area contributed by atoms with Crippen LogP contribution in [-0.4, -0.2) is 47.9 Å². The van der Waals surface area contributed by atoms with Crippen LogP contribution in [0.5, 0.6) is 0 Å². The Morgan fingerprint density at radius 3 is 2.61 bits per heavy atom. The Bertz CT molecular complexity index is 624. The zero-order chi connectivity index (χ0) is 14.7. The molecule has 23 heavy (non-hydrogen) atoms. The minimum atomic E-state index is 0. The highest BCUT2D eigenvalue weighted by Crippen LogP contribution is 2.41. The molecule has 2 bridgehead atoms. The fourth-order valence-electron chi connectivity index (χ4n) is 5.41. The summed E-state index contributed by atoms with van der Waals surface area (Å²) in [7, 11) is 0. The average molecular weight is 332 g/mol. The molecule has 4 aliphatic heterocycles. The van der Waals surface area contributed by atoms with Gasteiger partial charge in [-0.3, -0.25) is 4.79 Å². The molecule has 0 spiro atoms. The number of amides is 1. The van der Waals surface area contributed by atoms with E-state index >= 15 is 0 Å². The first-order valence-electron chi connectivity index (χ1n) is 8.96. The van der Waals surface area contributed by atoms with Crippen molar-refractivity contribution in [2.24, 2.45) is 5.92 Å². The van der Waals surface area contributed by atoms with E-state index in [4.69, 9.17) is 0 Å². The third kappa shape index (κ3) is 2.32. The maximum absolute atomic E-state index is 13.1. The molecule has 3 saturated heterocycles. The summed E-state index contributed by atoms with van der Waals surface area (Å²) in [6, 6.07) is 6.87. The van der Waals surface area contributed by atoms with Crippen LogP contribution in [0.4, 0.5) is 0 Å². The zero-order valence-electron chi connectivity index (χ0n) is 13.5. The van der Waals surface area contributed by atoms with Gasteiger partial charge in [0.1, 0.15) is 0 Å². The molecule has 1 amide bonds. The van der Waals surface area contributed by atoms with Gasteiger partial charge >= 0.3 is 0 Å². The van der Waals surface area contributed by atoms with Gasteiger partial charge in [0.2, 0.25) is 0 Å². The Labute approximate surface area is 144 Å². The van der Waals surface area contributed by atoms with Crippen LogP contribution < -0.4 is 12.4 Å². The van der Waals surface area contributed by atoms with Crippen LogP contribution in [0.25, 0.3) is 0 Å². The van der Waals surface area contributed by atoms with Crippen LogP contribution in [0.3, 0.4) is 0 Å². The lowest BCUT2D eigenvalue weighted by Crippen LogP contribution is -3.00. The predicted molar refractivity (Wildman–Crippen MR) is 86.1 cm³/mol. The van der Waals surface area contributed by atoms with E-state index < -0.39 is 0 Å². The van der Waals surface area contributed by atoms with E-state index in [1.807, 2.05) is 0 Å². The topological polar surface area (TPSA) is 23.6 Å². The quantitative estimate of drug-likeness (QED) is 0.703. The normalized spacial score (nSPS) is 34.8. The van der Waals surface area contributed by atoms with Crippen molar-refractivity contribution in [2.75, 3.05) is 26.2 Å². The number of aryl methyl sites for hydroxylation is 1. The molecule has 3 fully saturated rings. The van der Waals surface area contributed by atoms with Crippen molar-refractivity contribution in [3.63, 3.8) is 0 Å². The summed E-state index contributed by atoms with van der Waals surface area (Å²) in [5.74, 6) is 1.64. The summed E-state index contributed by atoms with van der Waals surface area (Å²) in [4.78, 5) is 18.0. The molecule has 1 aromatic rings. The molecule has 0 radical (unpaired) electrons. The lowest BCUT2D eigenvalue weighted by molar-refractivity contribution is -0.0000886. The lowest BCUT2D eigenvalue weighted by atomic mass is 9.75. The molecule has 4 heterocycles. The van der Waals surface area contributed by atoms with Crippen molar-refractivity contribution in [3.05, 3.63) is 34.9 Å². The van der Waals surface area contributed by atoms with E-state index in [9.17, 15) is 4.79 Å². The minimum absolute atomic E-state index is 0. The summed E-state index contributed by atoms with van der Waals surface area (Å²) in [6.45, 7) is 4.57. The Morgan fingerprint density at radius 2 is 1.87 bits per heavy atom. The van der Waals surface area contributed by atoms with Crippen molar-refractivity contribution in [1.29, 1.82) is 0 Å². The van der Waals surface area contributed by atoms with Gasteiger partial charge in [0.05, 0.1) is 0 Å². The van der Waals surface area contributed by atoms with Crippen LogP contribution in [-0.2, 0) is 6.42 Å². The zero-order valence-corrected chi connectivity index (χ0v) is 14.3. The summed E-state index contributed by atoms with van der Waals surface area (Å²) in [5, 5.41) is 0. The molecule has 0 aromatic heterocycles. The van der Waals surface area contributed by atoms with Crippen molar-refractivity contribution in [3.8, 4) is 0 Å². The fourth-order valence-corrected chi connectivity index (χ4v) is 5.41. The van der Waals surface area contributed by atoms with Gasteiger partial charge in [0.15, 0.2) is 0 Å². The number of rotatable bonds is 1. The smallest absolute Gasteiger partial charge is 0.254 e. The van der Waals surface area contributed by atoms with Gasteiger partial charge in [-0.2, -0.15) is 0 Å². The standard InChI is InChI=1S/C19H24N2O.ClH/c22-19-16-6-2-4-14-3-1-5-15(18(14)16)11-21(19)17-12-20-9-7-13(17)8-10-20;/h2,4,6,13,15,17H,1,3,5,7-12H2;1H/p-1/t15-,17-;/m1./s1. The first kappa shape index (κ1) is 15.5. The predicted octanol–water partition coefficient (Wildman–Crippen LogP) is -0.339. The minimum Gasteiger partial charge on any atom is -1.00 e. The maximum Gasteiger partial charge on any atom is 0.254 e. The van der Waals surface area contributed by atoms with E-state index in [1.165, 1.54) is 49.9 Å². The highest BCUT2D eigenvalue weighted by molar-refractivity contribution is 5.97. The Balaban J connectivity index is 0.00000135. The van der Waals surface area contributed by atoms with Crippen molar-refractivity contribution >= 4 is 5.91 Å². The number of hydrogen-bond acceptors (Lipinski definition) is 2. The summed E-state index contributed by atoms with van der Waals surface area (Å²) in [5.41, 5.74) is 3.86. The molecular weight excluding hydrogens is 308 g/mol. The molecule has 3 nitrogen and oxygen atoms in total. The molecule has 1 aromatic carbocycles. The maximum atomic E-state index is 13.1. The van der Waals surface area contributed by atoms with E-state index in [1.54, 1.807) is 0 Å². The molecule has 5 aliphatic rings. The number of carbonyl (C=O) groups excluding carboxylic acids is 1. The second kappa shape index (κ2) is 5.78.